The van der Waals surface area contributed by atoms with Crippen molar-refractivity contribution in [3.63, 3.8) is 0 Å². The highest BCUT2D eigenvalue weighted by molar-refractivity contribution is 5.75. The van der Waals surface area contributed by atoms with Crippen molar-refractivity contribution in [1.82, 2.24) is 0 Å². The van der Waals surface area contributed by atoms with E-state index in [1.807, 2.05) is 6.08 Å². The van der Waals surface area contributed by atoms with Crippen molar-refractivity contribution in [2.75, 3.05) is 6.54 Å². The Morgan fingerprint density at radius 2 is 2.31 bits per heavy atom. The first-order chi connectivity index (χ1) is 6.07. The minimum atomic E-state index is -1.17. The summed E-state index contributed by atoms with van der Waals surface area (Å²) in [6.07, 6.45) is 4.81. The molecule has 0 saturated heterocycles. The Kier molecular flexibility index (Phi) is 2.65. The number of nitro groups is 1. The van der Waals surface area contributed by atoms with Crippen LogP contribution < -0.4 is 0 Å². The topological polar surface area (TPSA) is 80.4 Å². The van der Waals surface area contributed by atoms with E-state index in [2.05, 4.69) is 0 Å². The van der Waals surface area contributed by atoms with Gasteiger partial charge in [0, 0.05) is 4.92 Å². The fourth-order valence-corrected chi connectivity index (χ4v) is 1.54. The predicted octanol–water partition coefficient (Wildman–Crippen LogP) is 1.07. The van der Waals surface area contributed by atoms with E-state index >= 15 is 0 Å². The van der Waals surface area contributed by atoms with Gasteiger partial charge in [-0.3, -0.25) is 14.9 Å². The summed E-state index contributed by atoms with van der Waals surface area (Å²) in [7, 11) is 0. The molecule has 5 nitrogen and oxygen atoms in total. The van der Waals surface area contributed by atoms with Crippen molar-refractivity contribution in [2.45, 2.75) is 19.3 Å². The van der Waals surface area contributed by atoms with Gasteiger partial charge in [0.1, 0.15) is 5.41 Å². The Hall–Kier alpha value is -1.39. The zero-order valence-electron chi connectivity index (χ0n) is 7.10. The third-order valence-corrected chi connectivity index (χ3v) is 2.35. The monoisotopic (exact) mass is 185 g/mol. The molecule has 1 atom stereocenters. The van der Waals surface area contributed by atoms with Crippen LogP contribution in [0, 0.1) is 15.5 Å². The Bertz CT molecular complexity index is 261. The first kappa shape index (κ1) is 9.70. The van der Waals surface area contributed by atoms with Gasteiger partial charge < -0.3 is 5.11 Å². The van der Waals surface area contributed by atoms with E-state index in [1.165, 1.54) is 0 Å². The van der Waals surface area contributed by atoms with Gasteiger partial charge in [0.25, 0.3) is 0 Å². The molecule has 0 bridgehead atoms. The van der Waals surface area contributed by atoms with Crippen molar-refractivity contribution in [3.8, 4) is 0 Å². The molecule has 5 heteroatoms. The minimum absolute atomic E-state index is 0.267. The summed E-state index contributed by atoms with van der Waals surface area (Å²) in [5.41, 5.74) is -1.17. The van der Waals surface area contributed by atoms with Crippen molar-refractivity contribution >= 4 is 5.97 Å². The zero-order chi connectivity index (χ0) is 9.90. The van der Waals surface area contributed by atoms with Crippen LogP contribution in [0.1, 0.15) is 19.3 Å². The quantitative estimate of drug-likeness (QED) is 0.405. The van der Waals surface area contributed by atoms with Crippen LogP contribution in [0.25, 0.3) is 0 Å². The second-order valence-electron chi connectivity index (χ2n) is 3.29. The molecule has 0 aromatic rings. The molecule has 0 aliphatic heterocycles. The van der Waals surface area contributed by atoms with Crippen LogP contribution >= 0.6 is 0 Å². The Morgan fingerprint density at radius 1 is 1.62 bits per heavy atom. The number of hydrogen-bond donors (Lipinski definition) is 1. The van der Waals surface area contributed by atoms with Crippen molar-refractivity contribution < 1.29 is 14.8 Å². The van der Waals surface area contributed by atoms with Gasteiger partial charge in [-0.25, -0.2) is 0 Å². The highest BCUT2D eigenvalue weighted by atomic mass is 16.6. The smallest absolute Gasteiger partial charge is 0.316 e. The van der Waals surface area contributed by atoms with Gasteiger partial charge in [-0.1, -0.05) is 12.2 Å². The number of carboxylic acids is 1. The molecule has 1 aliphatic carbocycles. The Labute approximate surface area is 75.2 Å². The Balaban J connectivity index is 2.80. The van der Waals surface area contributed by atoms with Crippen LogP contribution in [0.2, 0.25) is 0 Å². The number of carbonyl (C=O) groups is 1. The summed E-state index contributed by atoms with van der Waals surface area (Å²) >= 11 is 0. The summed E-state index contributed by atoms with van der Waals surface area (Å²) in [6, 6.07) is 0. The lowest BCUT2D eigenvalue weighted by Gasteiger charge is -2.25. The molecule has 0 saturated carbocycles. The van der Waals surface area contributed by atoms with Crippen LogP contribution in [-0.4, -0.2) is 22.5 Å². The third kappa shape index (κ3) is 2.05. The lowest BCUT2D eigenvalue weighted by atomic mass is 9.77. The molecule has 0 radical (unpaired) electrons. The summed E-state index contributed by atoms with van der Waals surface area (Å²) in [6.45, 7) is -0.479. The van der Waals surface area contributed by atoms with E-state index in [9.17, 15) is 14.9 Å². The Morgan fingerprint density at radius 3 is 2.69 bits per heavy atom. The molecule has 0 fully saturated rings. The maximum absolute atomic E-state index is 10.9. The lowest BCUT2D eigenvalue weighted by Crippen LogP contribution is -2.38. The maximum Gasteiger partial charge on any atom is 0.316 e. The normalized spacial score (nSPS) is 27.1. The van der Waals surface area contributed by atoms with Gasteiger partial charge in [0.2, 0.25) is 6.54 Å². The minimum Gasteiger partial charge on any atom is -0.481 e. The van der Waals surface area contributed by atoms with Gasteiger partial charge in [0.15, 0.2) is 0 Å². The van der Waals surface area contributed by atoms with Gasteiger partial charge in [-0.2, -0.15) is 0 Å². The second-order valence-corrected chi connectivity index (χ2v) is 3.29. The van der Waals surface area contributed by atoms with E-state index in [4.69, 9.17) is 5.11 Å². The standard InChI is InChI=1S/C8H11NO4/c10-7(11)8(6-9(12)13)4-2-1-3-5-8/h1-2H,3-6H2,(H,10,11). The third-order valence-electron chi connectivity index (χ3n) is 2.35. The maximum atomic E-state index is 10.9. The van der Waals surface area contributed by atoms with Crippen LogP contribution in [0.4, 0.5) is 0 Å². The van der Waals surface area contributed by atoms with E-state index in [-0.39, 0.29) is 6.42 Å². The van der Waals surface area contributed by atoms with Crippen LogP contribution in [0.3, 0.4) is 0 Å². The molecule has 1 N–H and O–H groups in total. The summed E-state index contributed by atoms with van der Waals surface area (Å²) in [5, 5.41) is 19.2. The number of carboxylic acid groups (broad SMARTS) is 1. The highest BCUT2D eigenvalue weighted by Crippen LogP contribution is 2.33. The fraction of sp³-hybridized carbons (Fsp3) is 0.625. The number of nitrogens with zero attached hydrogens (tertiary/aromatic N) is 1. The van der Waals surface area contributed by atoms with Crippen LogP contribution in [0.15, 0.2) is 12.2 Å². The molecule has 1 unspecified atom stereocenters. The highest BCUT2D eigenvalue weighted by Gasteiger charge is 2.43. The molecular formula is C8H11NO4. The summed E-state index contributed by atoms with van der Waals surface area (Å²) < 4.78 is 0. The average molecular weight is 185 g/mol. The van der Waals surface area contributed by atoms with Crippen LogP contribution in [-0.2, 0) is 4.79 Å². The molecule has 0 heterocycles. The SMILES string of the molecule is O=C(O)C1(C[N+](=O)[O-])CC=CCC1. The molecule has 72 valence electrons. The lowest BCUT2D eigenvalue weighted by molar-refractivity contribution is -0.494. The van der Waals surface area contributed by atoms with E-state index in [1.54, 1.807) is 6.08 Å². The average Bonchev–Trinajstić information content (AvgIpc) is 2.04. The van der Waals surface area contributed by atoms with E-state index < -0.39 is 22.9 Å². The summed E-state index contributed by atoms with van der Waals surface area (Å²) in [5.74, 6) is -1.06. The van der Waals surface area contributed by atoms with Gasteiger partial charge in [-0.15, -0.1) is 0 Å². The predicted molar refractivity (Wildman–Crippen MR) is 44.9 cm³/mol. The van der Waals surface area contributed by atoms with Crippen LogP contribution in [0.5, 0.6) is 0 Å². The van der Waals surface area contributed by atoms with Crippen molar-refractivity contribution in [1.29, 1.82) is 0 Å². The largest absolute Gasteiger partial charge is 0.481 e. The van der Waals surface area contributed by atoms with Gasteiger partial charge in [-0.05, 0) is 19.3 Å². The number of aliphatic carboxylic acids is 1. The summed E-state index contributed by atoms with van der Waals surface area (Å²) in [4.78, 5) is 20.6. The molecule has 0 amide bonds. The van der Waals surface area contributed by atoms with Gasteiger partial charge in [0.05, 0.1) is 0 Å². The van der Waals surface area contributed by atoms with Gasteiger partial charge >= 0.3 is 5.97 Å². The second kappa shape index (κ2) is 3.55. The molecule has 13 heavy (non-hydrogen) atoms. The number of hydrogen-bond acceptors (Lipinski definition) is 3. The van der Waals surface area contributed by atoms with E-state index in [0.29, 0.717) is 12.8 Å². The molecule has 1 rings (SSSR count). The number of allylic oxidation sites excluding steroid dienone is 2. The molecular weight excluding hydrogens is 174 g/mol. The zero-order valence-corrected chi connectivity index (χ0v) is 7.10. The van der Waals surface area contributed by atoms with E-state index in [0.717, 1.165) is 0 Å². The first-order valence-electron chi connectivity index (χ1n) is 4.07. The molecule has 0 aromatic carbocycles. The van der Waals surface area contributed by atoms with Crippen molar-refractivity contribution in [3.05, 3.63) is 22.3 Å². The molecule has 0 aromatic heterocycles. The fourth-order valence-electron chi connectivity index (χ4n) is 1.54. The van der Waals surface area contributed by atoms with Crippen molar-refractivity contribution in [2.24, 2.45) is 5.41 Å². The molecule has 1 aliphatic rings. The number of rotatable bonds is 3. The molecule has 0 spiro atoms. The first-order valence-corrected chi connectivity index (χ1v) is 4.07.